The molecule has 5 nitrogen and oxygen atoms in total. The van der Waals surface area contributed by atoms with Crippen molar-refractivity contribution in [2.24, 2.45) is 11.6 Å². The predicted molar refractivity (Wildman–Crippen MR) is 66.2 cm³/mol. The standard InChI is InChI=1S/C12H19N3O2/c1-8-4-5-11(17-3)9(6-8)10(13)7-12(16)15(2)14/h4-6,10H,7,13-14H2,1-3H3. The van der Waals surface area contributed by atoms with Crippen LogP contribution in [-0.2, 0) is 4.79 Å². The van der Waals surface area contributed by atoms with E-state index < -0.39 is 6.04 Å². The maximum Gasteiger partial charge on any atom is 0.238 e. The van der Waals surface area contributed by atoms with E-state index in [1.807, 2.05) is 25.1 Å². The van der Waals surface area contributed by atoms with Crippen molar-refractivity contribution in [3.8, 4) is 5.75 Å². The normalized spacial score (nSPS) is 12.1. The molecular weight excluding hydrogens is 218 g/mol. The summed E-state index contributed by atoms with van der Waals surface area (Å²) in [4.78, 5) is 11.5. The molecule has 0 aliphatic rings. The van der Waals surface area contributed by atoms with Gasteiger partial charge in [-0.2, -0.15) is 0 Å². The van der Waals surface area contributed by atoms with Crippen molar-refractivity contribution in [2.75, 3.05) is 14.2 Å². The fourth-order valence-corrected chi connectivity index (χ4v) is 1.59. The van der Waals surface area contributed by atoms with Gasteiger partial charge < -0.3 is 10.5 Å². The molecule has 0 aliphatic heterocycles. The topological polar surface area (TPSA) is 81.6 Å². The summed E-state index contributed by atoms with van der Waals surface area (Å²) in [6.45, 7) is 1.96. The Morgan fingerprint density at radius 3 is 2.71 bits per heavy atom. The van der Waals surface area contributed by atoms with Crippen LogP contribution in [-0.4, -0.2) is 25.1 Å². The molecule has 1 amide bonds. The summed E-state index contributed by atoms with van der Waals surface area (Å²) in [6, 6.07) is 5.30. The molecule has 0 spiro atoms. The molecule has 0 saturated carbocycles. The average molecular weight is 237 g/mol. The van der Waals surface area contributed by atoms with Crippen LogP contribution in [0.5, 0.6) is 5.75 Å². The lowest BCUT2D eigenvalue weighted by Gasteiger charge is -2.18. The molecule has 0 aromatic heterocycles. The molecule has 0 fully saturated rings. The molecule has 5 heteroatoms. The summed E-state index contributed by atoms with van der Waals surface area (Å²) < 4.78 is 5.23. The number of benzene rings is 1. The van der Waals surface area contributed by atoms with Gasteiger partial charge >= 0.3 is 0 Å². The van der Waals surface area contributed by atoms with Crippen LogP contribution in [0.25, 0.3) is 0 Å². The lowest BCUT2D eigenvalue weighted by atomic mass is 10.0. The molecule has 1 aromatic carbocycles. The number of hydrogen-bond acceptors (Lipinski definition) is 4. The van der Waals surface area contributed by atoms with Crippen molar-refractivity contribution < 1.29 is 9.53 Å². The largest absolute Gasteiger partial charge is 0.496 e. The van der Waals surface area contributed by atoms with Crippen molar-refractivity contribution in [1.29, 1.82) is 0 Å². The first-order valence-corrected chi connectivity index (χ1v) is 5.37. The first-order chi connectivity index (χ1) is 7.95. The predicted octanol–water partition coefficient (Wildman–Crippen LogP) is 0.726. The van der Waals surface area contributed by atoms with Gasteiger partial charge in [0, 0.05) is 25.1 Å². The molecule has 94 valence electrons. The van der Waals surface area contributed by atoms with E-state index in [-0.39, 0.29) is 12.3 Å². The Balaban J connectivity index is 2.91. The van der Waals surface area contributed by atoms with Crippen molar-refractivity contribution in [2.45, 2.75) is 19.4 Å². The second kappa shape index (κ2) is 5.65. The van der Waals surface area contributed by atoms with E-state index >= 15 is 0 Å². The van der Waals surface area contributed by atoms with Crippen LogP contribution in [0, 0.1) is 6.92 Å². The Bertz CT molecular complexity index is 405. The third-order valence-corrected chi connectivity index (χ3v) is 2.57. The molecule has 17 heavy (non-hydrogen) atoms. The van der Waals surface area contributed by atoms with E-state index in [0.717, 1.165) is 16.1 Å². The minimum Gasteiger partial charge on any atom is -0.496 e. The minimum absolute atomic E-state index is 0.160. The molecule has 1 aromatic rings. The van der Waals surface area contributed by atoms with E-state index in [0.29, 0.717) is 5.75 Å². The van der Waals surface area contributed by atoms with Gasteiger partial charge in [-0.3, -0.25) is 9.80 Å². The summed E-state index contributed by atoms with van der Waals surface area (Å²) >= 11 is 0. The third-order valence-electron chi connectivity index (χ3n) is 2.57. The minimum atomic E-state index is -0.414. The zero-order chi connectivity index (χ0) is 13.0. The number of rotatable bonds is 4. The van der Waals surface area contributed by atoms with Crippen LogP contribution in [0.4, 0.5) is 0 Å². The van der Waals surface area contributed by atoms with Gasteiger partial charge in [-0.25, -0.2) is 5.84 Å². The third kappa shape index (κ3) is 3.44. The molecular formula is C12H19N3O2. The highest BCUT2D eigenvalue weighted by molar-refractivity contribution is 5.76. The molecule has 0 bridgehead atoms. The number of nitrogens with two attached hydrogens (primary N) is 2. The monoisotopic (exact) mass is 237 g/mol. The molecule has 4 N–H and O–H groups in total. The number of ether oxygens (including phenoxy) is 1. The van der Waals surface area contributed by atoms with E-state index in [9.17, 15) is 4.79 Å². The number of methoxy groups -OCH3 is 1. The lowest BCUT2D eigenvalue weighted by Crippen LogP contribution is -2.35. The summed E-state index contributed by atoms with van der Waals surface area (Å²) in [5.41, 5.74) is 7.89. The van der Waals surface area contributed by atoms with Crippen LogP contribution < -0.4 is 16.3 Å². The Kier molecular flexibility index (Phi) is 4.48. The quantitative estimate of drug-likeness (QED) is 0.459. The van der Waals surface area contributed by atoms with E-state index in [1.165, 1.54) is 7.05 Å². The number of nitrogens with zero attached hydrogens (tertiary/aromatic N) is 1. The highest BCUT2D eigenvalue weighted by Gasteiger charge is 2.17. The Hall–Kier alpha value is -1.59. The van der Waals surface area contributed by atoms with Crippen LogP contribution >= 0.6 is 0 Å². The fourth-order valence-electron chi connectivity index (χ4n) is 1.59. The van der Waals surface area contributed by atoms with Gasteiger partial charge in [0.25, 0.3) is 0 Å². The van der Waals surface area contributed by atoms with E-state index in [1.54, 1.807) is 7.11 Å². The molecule has 1 rings (SSSR count). The van der Waals surface area contributed by atoms with Gasteiger partial charge in [0.05, 0.1) is 7.11 Å². The fraction of sp³-hybridized carbons (Fsp3) is 0.417. The van der Waals surface area contributed by atoms with E-state index in [4.69, 9.17) is 16.3 Å². The summed E-state index contributed by atoms with van der Waals surface area (Å²) in [6.07, 6.45) is 0.160. The molecule has 0 saturated heterocycles. The summed E-state index contributed by atoms with van der Waals surface area (Å²) in [5, 5.41) is 1.04. The van der Waals surface area contributed by atoms with Gasteiger partial charge in [0.2, 0.25) is 5.91 Å². The number of carbonyl (C=O) groups excluding carboxylic acids is 1. The Morgan fingerprint density at radius 1 is 1.53 bits per heavy atom. The van der Waals surface area contributed by atoms with Crippen LogP contribution in [0.2, 0.25) is 0 Å². The molecule has 0 heterocycles. The Morgan fingerprint density at radius 2 is 2.18 bits per heavy atom. The molecule has 1 atom stereocenters. The van der Waals surface area contributed by atoms with Gasteiger partial charge in [0.15, 0.2) is 0 Å². The number of hydrazine groups is 1. The Labute approximate surface area is 101 Å². The second-order valence-corrected chi connectivity index (χ2v) is 4.06. The van der Waals surface area contributed by atoms with Crippen molar-refractivity contribution in [1.82, 2.24) is 5.01 Å². The lowest BCUT2D eigenvalue weighted by molar-refractivity contribution is -0.130. The number of carbonyl (C=O) groups is 1. The van der Waals surface area contributed by atoms with Gasteiger partial charge in [0.1, 0.15) is 5.75 Å². The molecule has 0 radical (unpaired) electrons. The second-order valence-electron chi connectivity index (χ2n) is 4.06. The SMILES string of the molecule is COc1ccc(C)cc1C(N)CC(=O)N(C)N. The molecule has 0 aliphatic carbocycles. The van der Waals surface area contributed by atoms with Gasteiger partial charge in [-0.15, -0.1) is 0 Å². The maximum absolute atomic E-state index is 11.5. The number of amides is 1. The smallest absolute Gasteiger partial charge is 0.238 e. The van der Waals surface area contributed by atoms with Crippen LogP contribution in [0.15, 0.2) is 18.2 Å². The number of aryl methyl sites for hydroxylation is 1. The van der Waals surface area contributed by atoms with Crippen molar-refractivity contribution >= 4 is 5.91 Å². The highest BCUT2D eigenvalue weighted by Crippen LogP contribution is 2.26. The highest BCUT2D eigenvalue weighted by atomic mass is 16.5. The zero-order valence-corrected chi connectivity index (χ0v) is 10.4. The number of hydrogen-bond donors (Lipinski definition) is 2. The summed E-state index contributed by atoms with van der Waals surface area (Å²) in [5.74, 6) is 5.84. The van der Waals surface area contributed by atoms with E-state index in [2.05, 4.69) is 0 Å². The van der Waals surface area contributed by atoms with Crippen LogP contribution in [0.1, 0.15) is 23.6 Å². The average Bonchev–Trinajstić information content (AvgIpc) is 2.28. The van der Waals surface area contributed by atoms with Crippen molar-refractivity contribution in [3.05, 3.63) is 29.3 Å². The first-order valence-electron chi connectivity index (χ1n) is 5.37. The van der Waals surface area contributed by atoms with Crippen molar-refractivity contribution in [3.63, 3.8) is 0 Å². The van der Waals surface area contributed by atoms with Gasteiger partial charge in [-0.05, 0) is 13.0 Å². The molecule has 1 unspecified atom stereocenters. The van der Waals surface area contributed by atoms with Gasteiger partial charge in [-0.1, -0.05) is 17.7 Å². The maximum atomic E-state index is 11.5. The summed E-state index contributed by atoms with van der Waals surface area (Å²) in [7, 11) is 3.08. The first kappa shape index (κ1) is 13.5. The zero-order valence-electron chi connectivity index (χ0n) is 10.4. The van der Waals surface area contributed by atoms with Crippen LogP contribution in [0.3, 0.4) is 0 Å².